The minimum atomic E-state index is -4.54. The van der Waals surface area contributed by atoms with Crippen LogP contribution in [0, 0.1) is 17.7 Å². The number of aromatic nitrogens is 1. The standard InChI is InChI=1S/C24H16ClF4NO4/c25-17-8-13(24(27,28)29)1-4-19(17)34-14-2-3-18(26)12(5-14)10-33-20-7-11-6-15-21(16(11)9-30-20)22(15)23(31)32/h1-5,7-9,15,21-22H,6,10H2,(H,31,32)/t15-,21-,22+/m1/s1. The van der Waals surface area contributed by atoms with Crippen LogP contribution in [-0.4, -0.2) is 16.1 Å². The van der Waals surface area contributed by atoms with Crippen molar-refractivity contribution in [3.63, 3.8) is 0 Å². The Balaban J connectivity index is 1.27. The maximum Gasteiger partial charge on any atom is 0.416 e. The molecule has 2 aliphatic carbocycles. The summed E-state index contributed by atoms with van der Waals surface area (Å²) in [6.45, 7) is -0.166. The highest BCUT2D eigenvalue weighted by molar-refractivity contribution is 6.32. The van der Waals surface area contributed by atoms with Gasteiger partial charge in [-0.1, -0.05) is 11.6 Å². The van der Waals surface area contributed by atoms with Gasteiger partial charge in [-0.3, -0.25) is 4.79 Å². The zero-order chi connectivity index (χ0) is 24.2. The highest BCUT2D eigenvalue weighted by Crippen LogP contribution is 2.61. The number of pyridine rings is 1. The molecule has 3 atom stereocenters. The quantitative estimate of drug-likeness (QED) is 0.412. The third-order valence-electron chi connectivity index (χ3n) is 6.15. The van der Waals surface area contributed by atoms with Gasteiger partial charge in [-0.15, -0.1) is 0 Å². The van der Waals surface area contributed by atoms with Crippen LogP contribution in [0.15, 0.2) is 48.7 Å². The summed E-state index contributed by atoms with van der Waals surface area (Å²) in [4.78, 5) is 15.4. The van der Waals surface area contributed by atoms with Gasteiger partial charge in [-0.05, 0) is 59.9 Å². The Morgan fingerprint density at radius 3 is 2.68 bits per heavy atom. The number of halogens is 5. The van der Waals surface area contributed by atoms with Crippen LogP contribution >= 0.6 is 11.6 Å². The third-order valence-corrected chi connectivity index (χ3v) is 6.44. The molecule has 0 aliphatic heterocycles. The molecule has 176 valence electrons. The van der Waals surface area contributed by atoms with E-state index in [1.54, 1.807) is 12.3 Å². The summed E-state index contributed by atoms with van der Waals surface area (Å²) in [6.07, 6.45) is -2.28. The first-order chi connectivity index (χ1) is 16.1. The molecule has 2 aromatic carbocycles. The number of carboxylic acids is 1. The van der Waals surface area contributed by atoms with Crippen molar-refractivity contribution in [2.75, 3.05) is 0 Å². The first kappa shape index (κ1) is 22.5. The second kappa shape index (κ2) is 8.16. The van der Waals surface area contributed by atoms with Crippen LogP contribution in [0.5, 0.6) is 17.4 Å². The molecule has 0 unspecified atom stereocenters. The van der Waals surface area contributed by atoms with Crippen LogP contribution in [0.25, 0.3) is 0 Å². The molecular formula is C24H16ClF4NO4. The van der Waals surface area contributed by atoms with Gasteiger partial charge in [0.05, 0.1) is 16.5 Å². The molecule has 5 rings (SSSR count). The van der Waals surface area contributed by atoms with Crippen molar-refractivity contribution in [2.24, 2.45) is 11.8 Å². The Bertz CT molecular complexity index is 1300. The minimum absolute atomic E-state index is 0.00246. The second-order valence-electron chi connectivity index (χ2n) is 8.27. The zero-order valence-electron chi connectivity index (χ0n) is 17.3. The van der Waals surface area contributed by atoms with Crippen molar-refractivity contribution in [2.45, 2.75) is 25.1 Å². The summed E-state index contributed by atoms with van der Waals surface area (Å²) in [5.74, 6) is -1.17. The molecule has 3 aromatic rings. The van der Waals surface area contributed by atoms with E-state index in [1.165, 1.54) is 12.1 Å². The van der Waals surface area contributed by atoms with E-state index in [1.807, 2.05) is 0 Å². The lowest BCUT2D eigenvalue weighted by atomic mass is 10.0. The van der Waals surface area contributed by atoms with E-state index >= 15 is 0 Å². The number of rotatable bonds is 6. The van der Waals surface area contributed by atoms with Gasteiger partial charge in [0.2, 0.25) is 5.88 Å². The summed E-state index contributed by atoms with van der Waals surface area (Å²) >= 11 is 5.92. The number of ether oxygens (including phenoxy) is 2. The molecule has 1 saturated carbocycles. The Labute approximate surface area is 195 Å². The number of fused-ring (bicyclic) bond motifs is 3. The number of benzene rings is 2. The fourth-order valence-corrected chi connectivity index (χ4v) is 4.67. The summed E-state index contributed by atoms with van der Waals surface area (Å²) in [7, 11) is 0. The largest absolute Gasteiger partial charge is 0.481 e. The number of carbonyl (C=O) groups is 1. The smallest absolute Gasteiger partial charge is 0.416 e. The van der Waals surface area contributed by atoms with Crippen molar-refractivity contribution in [1.82, 2.24) is 4.98 Å². The van der Waals surface area contributed by atoms with E-state index < -0.39 is 23.5 Å². The minimum Gasteiger partial charge on any atom is -0.481 e. The predicted octanol–water partition coefficient (Wildman–Crippen LogP) is 6.23. The first-order valence-electron chi connectivity index (χ1n) is 10.3. The van der Waals surface area contributed by atoms with Gasteiger partial charge >= 0.3 is 12.1 Å². The summed E-state index contributed by atoms with van der Waals surface area (Å²) in [5, 5.41) is 8.97. The molecule has 1 fully saturated rings. The van der Waals surface area contributed by atoms with Crippen LogP contribution in [0.4, 0.5) is 17.6 Å². The van der Waals surface area contributed by atoms with Crippen molar-refractivity contribution < 1.29 is 36.9 Å². The third kappa shape index (κ3) is 4.16. The van der Waals surface area contributed by atoms with Gasteiger partial charge in [-0.25, -0.2) is 9.37 Å². The topological polar surface area (TPSA) is 68.7 Å². The molecule has 5 nitrogen and oxygen atoms in total. The lowest BCUT2D eigenvalue weighted by molar-refractivity contribution is -0.139. The number of carboxylic acid groups (broad SMARTS) is 1. The van der Waals surface area contributed by atoms with E-state index in [0.29, 0.717) is 6.42 Å². The highest BCUT2D eigenvalue weighted by Gasteiger charge is 2.59. The van der Waals surface area contributed by atoms with Crippen molar-refractivity contribution >= 4 is 17.6 Å². The molecule has 0 saturated heterocycles. The van der Waals surface area contributed by atoms with E-state index in [-0.39, 0.29) is 52.3 Å². The number of hydrogen-bond donors (Lipinski definition) is 1. The van der Waals surface area contributed by atoms with Crippen molar-refractivity contribution in [3.05, 3.63) is 81.8 Å². The molecule has 1 aromatic heterocycles. The Kier molecular flexibility index (Phi) is 5.39. The molecule has 0 bridgehead atoms. The molecule has 0 spiro atoms. The van der Waals surface area contributed by atoms with Crippen molar-refractivity contribution in [1.29, 1.82) is 0 Å². The average molecular weight is 494 g/mol. The van der Waals surface area contributed by atoms with Gasteiger partial charge in [0, 0.05) is 23.7 Å². The summed E-state index contributed by atoms with van der Waals surface area (Å²) in [6, 6.07) is 8.28. The second-order valence-corrected chi connectivity index (χ2v) is 8.67. The van der Waals surface area contributed by atoms with Gasteiger partial charge in [-0.2, -0.15) is 13.2 Å². The van der Waals surface area contributed by atoms with Crippen LogP contribution in [0.2, 0.25) is 5.02 Å². The first-order valence-corrected chi connectivity index (χ1v) is 10.7. The Hall–Kier alpha value is -3.33. The number of nitrogens with zero attached hydrogens (tertiary/aromatic N) is 1. The lowest BCUT2D eigenvalue weighted by Crippen LogP contribution is -2.06. The summed E-state index contributed by atoms with van der Waals surface area (Å²) in [5.41, 5.74) is 1.14. The fraction of sp³-hybridized carbons (Fsp3) is 0.250. The molecule has 1 heterocycles. The van der Waals surface area contributed by atoms with Gasteiger partial charge in [0.15, 0.2) is 0 Å². The fourth-order valence-electron chi connectivity index (χ4n) is 4.45. The average Bonchev–Trinajstić information content (AvgIpc) is 3.37. The normalized spacial score (nSPS) is 20.4. The molecule has 1 N–H and O–H groups in total. The Morgan fingerprint density at radius 2 is 1.97 bits per heavy atom. The zero-order valence-corrected chi connectivity index (χ0v) is 18.0. The monoisotopic (exact) mass is 493 g/mol. The van der Waals surface area contributed by atoms with Gasteiger partial charge in [0.25, 0.3) is 0 Å². The molecule has 0 amide bonds. The van der Waals surface area contributed by atoms with E-state index in [2.05, 4.69) is 4.98 Å². The molecule has 34 heavy (non-hydrogen) atoms. The van der Waals surface area contributed by atoms with Gasteiger partial charge < -0.3 is 14.6 Å². The number of alkyl halides is 3. The predicted molar refractivity (Wildman–Crippen MR) is 113 cm³/mol. The molecular weight excluding hydrogens is 478 g/mol. The van der Waals surface area contributed by atoms with Gasteiger partial charge in [0.1, 0.15) is 23.9 Å². The SMILES string of the molecule is O=C(O)[C@H]1[C@@H]2Cc3cc(OCc4cc(Oc5ccc(C(F)(F)F)cc5Cl)ccc4F)ncc3[C@@H]21. The Morgan fingerprint density at radius 1 is 1.18 bits per heavy atom. The molecule has 0 radical (unpaired) electrons. The van der Waals surface area contributed by atoms with Crippen molar-refractivity contribution in [3.8, 4) is 17.4 Å². The molecule has 10 heteroatoms. The van der Waals surface area contributed by atoms with E-state index in [0.717, 1.165) is 35.4 Å². The maximum atomic E-state index is 14.3. The van der Waals surface area contributed by atoms with Crippen LogP contribution < -0.4 is 9.47 Å². The lowest BCUT2D eigenvalue weighted by Gasteiger charge is -2.13. The highest BCUT2D eigenvalue weighted by atomic mass is 35.5. The van der Waals surface area contributed by atoms with E-state index in [9.17, 15) is 27.5 Å². The number of aliphatic carboxylic acids is 1. The van der Waals surface area contributed by atoms with E-state index in [4.69, 9.17) is 21.1 Å². The molecule has 2 aliphatic rings. The van der Waals surface area contributed by atoms with Crippen LogP contribution in [0.3, 0.4) is 0 Å². The van der Waals surface area contributed by atoms with Crippen LogP contribution in [-0.2, 0) is 24.0 Å². The van der Waals surface area contributed by atoms with Crippen LogP contribution in [0.1, 0.15) is 28.2 Å². The summed E-state index contributed by atoms with van der Waals surface area (Å²) < 4.78 is 63.9. The number of hydrogen-bond acceptors (Lipinski definition) is 4. The maximum absolute atomic E-state index is 14.3.